The molecule has 1 aliphatic carbocycles. The Morgan fingerprint density at radius 1 is 1.03 bits per heavy atom. The van der Waals surface area contributed by atoms with E-state index in [0.717, 1.165) is 40.9 Å². The minimum Gasteiger partial charge on any atom is -0.321 e. The summed E-state index contributed by atoms with van der Waals surface area (Å²) in [5, 5.41) is 8.96. The highest BCUT2D eigenvalue weighted by Crippen LogP contribution is 2.40. The lowest BCUT2D eigenvalue weighted by Gasteiger charge is -2.38. The quantitative estimate of drug-likeness (QED) is 0.356. The topological polar surface area (TPSA) is 92.6 Å². The number of nitrogens with one attached hydrogen (secondary N) is 1. The van der Waals surface area contributed by atoms with Crippen LogP contribution < -0.4 is 11.2 Å². The summed E-state index contributed by atoms with van der Waals surface area (Å²) in [6, 6.07) is 21.7. The van der Waals surface area contributed by atoms with Gasteiger partial charge in [0.1, 0.15) is 5.65 Å². The molecular weight excluding hydrogens is 376 g/mol. The number of fused-ring (bicyclic) bond motifs is 1. The van der Waals surface area contributed by atoms with Gasteiger partial charge < -0.3 is 5.73 Å². The molecule has 0 atom stereocenters. The van der Waals surface area contributed by atoms with Crippen LogP contribution in [0.4, 0.5) is 0 Å². The van der Waals surface area contributed by atoms with Gasteiger partial charge in [-0.25, -0.2) is 10.5 Å². The van der Waals surface area contributed by atoms with Gasteiger partial charge in [0.2, 0.25) is 0 Å². The van der Waals surface area contributed by atoms with E-state index in [2.05, 4.69) is 24.3 Å². The van der Waals surface area contributed by atoms with Crippen LogP contribution in [0.3, 0.4) is 0 Å². The fourth-order valence-electron chi connectivity index (χ4n) is 4.13. The van der Waals surface area contributed by atoms with Crippen molar-refractivity contribution in [3.63, 3.8) is 0 Å². The molecule has 2 aromatic carbocycles. The van der Waals surface area contributed by atoms with E-state index in [0.29, 0.717) is 11.2 Å². The largest absolute Gasteiger partial charge is 0.321 e. The zero-order chi connectivity index (χ0) is 20.7. The number of carbonyl (C=O) groups excluding carboxylic acids is 1. The van der Waals surface area contributed by atoms with Crippen molar-refractivity contribution in [2.45, 2.75) is 24.8 Å². The predicted octanol–water partition coefficient (Wildman–Crippen LogP) is 4.13. The fourth-order valence-corrected chi connectivity index (χ4v) is 4.13. The molecule has 0 aliphatic heterocycles. The molecule has 30 heavy (non-hydrogen) atoms. The summed E-state index contributed by atoms with van der Waals surface area (Å²) < 4.78 is 1.96. The summed E-state index contributed by atoms with van der Waals surface area (Å²) in [7, 11) is 0. The van der Waals surface area contributed by atoms with E-state index in [-0.39, 0.29) is 5.54 Å². The maximum absolute atomic E-state index is 11.8. The summed E-state index contributed by atoms with van der Waals surface area (Å²) in [6.45, 7) is 0. The van der Waals surface area contributed by atoms with E-state index < -0.39 is 5.91 Å². The van der Waals surface area contributed by atoms with E-state index in [1.165, 1.54) is 6.42 Å². The lowest BCUT2D eigenvalue weighted by Crippen LogP contribution is -2.43. The second-order valence-corrected chi connectivity index (χ2v) is 7.85. The highest BCUT2D eigenvalue weighted by atomic mass is 16.5. The van der Waals surface area contributed by atoms with Crippen molar-refractivity contribution in [3.05, 3.63) is 84.1 Å². The van der Waals surface area contributed by atoms with E-state index in [1.807, 2.05) is 34.7 Å². The van der Waals surface area contributed by atoms with Crippen LogP contribution >= 0.6 is 0 Å². The number of benzene rings is 2. The first-order valence-electron chi connectivity index (χ1n) is 10.0. The molecule has 5 rings (SSSR count). The van der Waals surface area contributed by atoms with Crippen LogP contribution in [0.25, 0.3) is 28.2 Å². The summed E-state index contributed by atoms with van der Waals surface area (Å²) in [4.78, 5) is 16.7. The van der Waals surface area contributed by atoms with Crippen LogP contribution in [0.5, 0.6) is 0 Å². The maximum Gasteiger partial charge on any atom is 0.274 e. The molecule has 6 nitrogen and oxygen atoms in total. The van der Waals surface area contributed by atoms with Crippen LogP contribution in [-0.4, -0.2) is 20.5 Å². The second-order valence-electron chi connectivity index (χ2n) is 7.85. The number of amides is 1. The number of imidazole rings is 1. The Labute approximate surface area is 174 Å². The highest BCUT2D eigenvalue weighted by Gasteiger charge is 2.34. The molecule has 0 spiro atoms. The minimum absolute atomic E-state index is 0.202. The zero-order valence-corrected chi connectivity index (χ0v) is 16.4. The number of nitrogens with zero attached hydrogens (tertiary/aromatic N) is 2. The Morgan fingerprint density at radius 2 is 1.77 bits per heavy atom. The third-order valence-electron chi connectivity index (χ3n) is 6.02. The molecule has 0 unspecified atom stereocenters. The first kappa shape index (κ1) is 18.5. The molecule has 0 radical (unpaired) electrons. The lowest BCUT2D eigenvalue weighted by molar-refractivity contribution is 0.0706. The Kier molecular flexibility index (Phi) is 4.38. The number of carbonyl (C=O) groups is 1. The number of pyridine rings is 1. The van der Waals surface area contributed by atoms with Crippen molar-refractivity contribution in [1.82, 2.24) is 14.9 Å². The van der Waals surface area contributed by atoms with Gasteiger partial charge in [-0.2, -0.15) is 0 Å². The van der Waals surface area contributed by atoms with Gasteiger partial charge >= 0.3 is 0 Å². The molecule has 0 bridgehead atoms. The highest BCUT2D eigenvalue weighted by molar-refractivity contribution is 5.94. The predicted molar refractivity (Wildman–Crippen MR) is 115 cm³/mol. The molecular formula is C24H22N4O2. The van der Waals surface area contributed by atoms with Gasteiger partial charge in [0, 0.05) is 28.4 Å². The number of nitrogens with two attached hydrogens (primary N) is 1. The summed E-state index contributed by atoms with van der Waals surface area (Å²) in [5.41, 5.74) is 13.9. The normalized spacial score (nSPS) is 15.0. The molecule has 4 N–H and O–H groups in total. The molecule has 1 fully saturated rings. The summed E-state index contributed by atoms with van der Waals surface area (Å²) in [5.74, 6) is -0.568. The van der Waals surface area contributed by atoms with Gasteiger partial charge in [0.25, 0.3) is 5.91 Å². The van der Waals surface area contributed by atoms with Crippen molar-refractivity contribution in [2.24, 2.45) is 5.73 Å². The van der Waals surface area contributed by atoms with Crippen molar-refractivity contribution in [2.75, 3.05) is 0 Å². The standard InChI is InChI=1S/C24H22N4O2/c25-24(12-4-13-24)19-9-7-16(8-10-19)21-22(17-5-2-1-3-6-17)28-14-11-18(23(29)27-30)15-20(28)26-21/h1-3,5-11,14-15,30H,4,12-13,25H2,(H,27,29). The molecule has 1 aliphatic rings. The number of hydrogen-bond donors (Lipinski definition) is 3. The summed E-state index contributed by atoms with van der Waals surface area (Å²) >= 11 is 0. The Balaban J connectivity index is 1.67. The van der Waals surface area contributed by atoms with Crippen LogP contribution in [0.1, 0.15) is 35.2 Å². The fraction of sp³-hybridized carbons (Fsp3) is 0.167. The van der Waals surface area contributed by atoms with Gasteiger partial charge in [-0.15, -0.1) is 0 Å². The van der Waals surface area contributed by atoms with Crippen LogP contribution in [0, 0.1) is 0 Å². The molecule has 150 valence electrons. The molecule has 4 aromatic rings. The Hall–Kier alpha value is -3.48. The Bertz CT molecular complexity index is 1230. The molecule has 2 aromatic heterocycles. The molecule has 0 saturated heterocycles. The van der Waals surface area contributed by atoms with Gasteiger partial charge in [0.15, 0.2) is 0 Å². The van der Waals surface area contributed by atoms with Gasteiger partial charge in [-0.3, -0.25) is 14.4 Å². The van der Waals surface area contributed by atoms with Crippen LogP contribution in [0.15, 0.2) is 72.9 Å². The van der Waals surface area contributed by atoms with Crippen molar-refractivity contribution < 1.29 is 10.0 Å². The van der Waals surface area contributed by atoms with Crippen LogP contribution in [-0.2, 0) is 5.54 Å². The maximum atomic E-state index is 11.8. The van der Waals surface area contributed by atoms with E-state index >= 15 is 0 Å². The number of hydroxylamine groups is 1. The van der Waals surface area contributed by atoms with Gasteiger partial charge in [-0.1, -0.05) is 54.6 Å². The van der Waals surface area contributed by atoms with Crippen molar-refractivity contribution in [3.8, 4) is 22.5 Å². The summed E-state index contributed by atoms with van der Waals surface area (Å²) in [6.07, 6.45) is 5.01. The second kappa shape index (κ2) is 7.09. The number of rotatable bonds is 4. The third kappa shape index (κ3) is 2.98. The Morgan fingerprint density at radius 3 is 2.40 bits per heavy atom. The first-order chi connectivity index (χ1) is 14.6. The van der Waals surface area contributed by atoms with E-state index in [4.69, 9.17) is 15.9 Å². The third-order valence-corrected chi connectivity index (χ3v) is 6.02. The van der Waals surface area contributed by atoms with Gasteiger partial charge in [-0.05, 0) is 37.0 Å². The number of hydrogen-bond acceptors (Lipinski definition) is 4. The molecule has 1 saturated carbocycles. The van der Waals surface area contributed by atoms with E-state index in [1.54, 1.807) is 23.8 Å². The molecule has 1 amide bonds. The number of aromatic nitrogens is 2. The van der Waals surface area contributed by atoms with Crippen molar-refractivity contribution >= 4 is 11.6 Å². The zero-order valence-electron chi connectivity index (χ0n) is 16.4. The van der Waals surface area contributed by atoms with E-state index in [9.17, 15) is 4.79 Å². The smallest absolute Gasteiger partial charge is 0.274 e. The minimum atomic E-state index is -0.568. The molecule has 6 heteroatoms. The lowest BCUT2D eigenvalue weighted by atomic mass is 9.72. The van der Waals surface area contributed by atoms with Crippen molar-refractivity contribution in [1.29, 1.82) is 0 Å². The molecule has 2 heterocycles. The average Bonchev–Trinajstić information content (AvgIpc) is 3.16. The SMILES string of the molecule is NC1(c2ccc(-c3nc4cc(C(=O)NO)ccn4c3-c3ccccc3)cc2)CCC1. The first-order valence-corrected chi connectivity index (χ1v) is 10.0. The monoisotopic (exact) mass is 398 g/mol. The van der Waals surface area contributed by atoms with Crippen LogP contribution in [0.2, 0.25) is 0 Å². The average molecular weight is 398 g/mol. The van der Waals surface area contributed by atoms with Gasteiger partial charge in [0.05, 0.1) is 11.4 Å².